The second-order valence-electron chi connectivity index (χ2n) is 6.05. The Morgan fingerprint density at radius 2 is 2.35 bits per heavy atom. The summed E-state index contributed by atoms with van der Waals surface area (Å²) in [7, 11) is 0. The highest BCUT2D eigenvalue weighted by Gasteiger charge is 2.38. The fourth-order valence-electron chi connectivity index (χ4n) is 3.12. The number of nitrogens with zero attached hydrogens (tertiary/aromatic N) is 3. The highest BCUT2D eigenvalue weighted by Crippen LogP contribution is 2.43. The maximum absolute atomic E-state index is 12.4. The normalized spacial score (nSPS) is 22.5. The number of carbonyl (C=O) groups is 1. The first-order chi connectivity index (χ1) is 11.1. The Kier molecular flexibility index (Phi) is 3.95. The zero-order chi connectivity index (χ0) is 16.6. The monoisotopic (exact) mass is 312 g/mol. The molecule has 0 bridgehead atoms. The minimum absolute atomic E-state index is 0.0350. The quantitative estimate of drug-likeness (QED) is 0.926. The average molecular weight is 312 g/mol. The standard InChI is InChI=1S/C17H20N4O2/c1-3-10(2)21-9-11(8-20-21)15-12(7-18)17(19)23-14-6-4-5-13(22)16(14)15/h8-10,15H,3-6,19H2,1-2H3/t10-,15+/m0/s1. The summed E-state index contributed by atoms with van der Waals surface area (Å²) in [5.41, 5.74) is 7.61. The van der Waals surface area contributed by atoms with Crippen molar-refractivity contribution in [2.75, 3.05) is 0 Å². The van der Waals surface area contributed by atoms with Crippen molar-refractivity contribution in [1.29, 1.82) is 5.26 Å². The lowest BCUT2D eigenvalue weighted by Gasteiger charge is -2.30. The number of hydrogen-bond acceptors (Lipinski definition) is 5. The smallest absolute Gasteiger partial charge is 0.205 e. The van der Waals surface area contributed by atoms with Crippen molar-refractivity contribution < 1.29 is 9.53 Å². The zero-order valence-electron chi connectivity index (χ0n) is 13.4. The molecule has 2 aliphatic rings. The van der Waals surface area contributed by atoms with E-state index in [1.807, 2.05) is 10.9 Å². The Bertz CT molecular complexity index is 751. The SMILES string of the molecule is CC[C@H](C)n1cc([C@@H]2C(C#N)=C(N)OC3=C2C(=O)CCC3)cn1. The minimum atomic E-state index is -0.464. The van der Waals surface area contributed by atoms with Gasteiger partial charge in [0, 0.05) is 36.2 Å². The molecule has 1 aromatic heterocycles. The van der Waals surface area contributed by atoms with Gasteiger partial charge in [-0.05, 0) is 19.8 Å². The number of hydrogen-bond donors (Lipinski definition) is 1. The van der Waals surface area contributed by atoms with Crippen LogP contribution in [0.4, 0.5) is 0 Å². The van der Waals surface area contributed by atoms with Crippen LogP contribution in [-0.4, -0.2) is 15.6 Å². The number of nitriles is 1. The summed E-state index contributed by atoms with van der Waals surface area (Å²) in [5.74, 6) is 0.281. The molecule has 3 rings (SSSR count). The Balaban J connectivity index is 2.10. The van der Waals surface area contributed by atoms with Crippen molar-refractivity contribution in [2.45, 2.75) is 51.5 Å². The van der Waals surface area contributed by atoms with Gasteiger partial charge in [-0.15, -0.1) is 0 Å². The van der Waals surface area contributed by atoms with Gasteiger partial charge in [0.2, 0.25) is 5.88 Å². The molecule has 0 spiro atoms. The molecule has 2 N–H and O–H groups in total. The predicted octanol–water partition coefficient (Wildman–Crippen LogP) is 2.67. The van der Waals surface area contributed by atoms with Crippen molar-refractivity contribution in [3.63, 3.8) is 0 Å². The van der Waals surface area contributed by atoms with Crippen LogP contribution in [0.25, 0.3) is 0 Å². The fraction of sp³-hybridized carbons (Fsp3) is 0.471. The van der Waals surface area contributed by atoms with Gasteiger partial charge in [0.25, 0.3) is 0 Å². The van der Waals surface area contributed by atoms with Crippen molar-refractivity contribution in [3.05, 3.63) is 40.7 Å². The van der Waals surface area contributed by atoms with Gasteiger partial charge in [0.05, 0.1) is 12.1 Å². The van der Waals surface area contributed by atoms with Crippen LogP contribution in [0.3, 0.4) is 0 Å². The van der Waals surface area contributed by atoms with E-state index in [0.29, 0.717) is 29.7 Å². The fourth-order valence-corrected chi connectivity index (χ4v) is 3.12. The van der Waals surface area contributed by atoms with Crippen LogP contribution < -0.4 is 5.73 Å². The molecule has 0 amide bonds. The third-order valence-electron chi connectivity index (χ3n) is 4.60. The molecule has 2 atom stereocenters. The van der Waals surface area contributed by atoms with Gasteiger partial charge >= 0.3 is 0 Å². The first-order valence-corrected chi connectivity index (χ1v) is 7.94. The third-order valence-corrected chi connectivity index (χ3v) is 4.60. The van der Waals surface area contributed by atoms with Crippen LogP contribution in [0.2, 0.25) is 0 Å². The summed E-state index contributed by atoms with van der Waals surface area (Å²) in [5, 5.41) is 13.9. The molecule has 6 nitrogen and oxygen atoms in total. The van der Waals surface area contributed by atoms with E-state index in [1.54, 1.807) is 6.20 Å². The topological polar surface area (TPSA) is 93.9 Å². The number of ether oxygens (including phenoxy) is 1. The summed E-state index contributed by atoms with van der Waals surface area (Å²) >= 11 is 0. The highest BCUT2D eigenvalue weighted by atomic mass is 16.5. The number of ketones is 1. The van der Waals surface area contributed by atoms with E-state index in [1.165, 1.54) is 0 Å². The second-order valence-corrected chi connectivity index (χ2v) is 6.05. The molecule has 6 heteroatoms. The van der Waals surface area contributed by atoms with Gasteiger partial charge in [-0.2, -0.15) is 10.4 Å². The number of aromatic nitrogens is 2. The maximum atomic E-state index is 12.4. The third kappa shape index (κ3) is 2.52. The van der Waals surface area contributed by atoms with E-state index in [9.17, 15) is 10.1 Å². The van der Waals surface area contributed by atoms with Crippen LogP contribution in [0.15, 0.2) is 35.2 Å². The lowest BCUT2D eigenvalue weighted by atomic mass is 9.78. The first-order valence-electron chi connectivity index (χ1n) is 7.94. The van der Waals surface area contributed by atoms with Gasteiger partial charge in [-0.1, -0.05) is 6.92 Å². The van der Waals surface area contributed by atoms with Crippen molar-refractivity contribution in [3.8, 4) is 6.07 Å². The lowest BCUT2D eigenvalue weighted by Crippen LogP contribution is -2.27. The van der Waals surface area contributed by atoms with Gasteiger partial charge in [-0.3, -0.25) is 9.48 Å². The van der Waals surface area contributed by atoms with Gasteiger partial charge < -0.3 is 10.5 Å². The van der Waals surface area contributed by atoms with E-state index < -0.39 is 5.92 Å². The molecule has 0 saturated heterocycles. The zero-order valence-corrected chi connectivity index (χ0v) is 13.4. The molecule has 0 saturated carbocycles. The van der Waals surface area contributed by atoms with E-state index in [-0.39, 0.29) is 17.7 Å². The largest absolute Gasteiger partial charge is 0.444 e. The van der Waals surface area contributed by atoms with E-state index in [4.69, 9.17) is 10.5 Å². The van der Waals surface area contributed by atoms with E-state index in [0.717, 1.165) is 18.4 Å². The lowest BCUT2D eigenvalue weighted by molar-refractivity contribution is -0.116. The predicted molar refractivity (Wildman–Crippen MR) is 83.8 cm³/mol. The molecule has 120 valence electrons. The molecular weight excluding hydrogens is 292 g/mol. The number of carbonyl (C=O) groups excluding carboxylic acids is 1. The van der Waals surface area contributed by atoms with Gasteiger partial charge in [0.1, 0.15) is 17.4 Å². The number of rotatable bonds is 3. The van der Waals surface area contributed by atoms with Crippen LogP contribution in [-0.2, 0) is 9.53 Å². The number of Topliss-reactive ketones (excluding diaryl/α,β-unsaturated/α-hetero) is 1. The molecule has 0 unspecified atom stereocenters. The summed E-state index contributed by atoms with van der Waals surface area (Å²) in [6.45, 7) is 4.16. The Labute approximate surface area is 135 Å². The molecule has 2 heterocycles. The first kappa shape index (κ1) is 15.3. The molecule has 0 radical (unpaired) electrons. The highest BCUT2D eigenvalue weighted by molar-refractivity contribution is 5.99. The van der Waals surface area contributed by atoms with Crippen LogP contribution >= 0.6 is 0 Å². The van der Waals surface area contributed by atoms with Gasteiger partial charge in [-0.25, -0.2) is 0 Å². The molecule has 0 fully saturated rings. The van der Waals surface area contributed by atoms with E-state index in [2.05, 4.69) is 25.0 Å². The maximum Gasteiger partial charge on any atom is 0.205 e. The molecule has 23 heavy (non-hydrogen) atoms. The van der Waals surface area contributed by atoms with Crippen molar-refractivity contribution in [1.82, 2.24) is 9.78 Å². The summed E-state index contributed by atoms with van der Waals surface area (Å²) in [4.78, 5) is 12.4. The summed E-state index contributed by atoms with van der Waals surface area (Å²) in [6, 6.07) is 2.37. The molecule has 1 aromatic rings. The summed E-state index contributed by atoms with van der Waals surface area (Å²) < 4.78 is 7.42. The van der Waals surface area contributed by atoms with Gasteiger partial charge in [0.15, 0.2) is 5.78 Å². The Hall–Kier alpha value is -2.55. The molecule has 1 aliphatic heterocycles. The number of allylic oxidation sites excluding steroid dienone is 3. The van der Waals surface area contributed by atoms with Crippen LogP contribution in [0.5, 0.6) is 0 Å². The molecule has 0 aromatic carbocycles. The van der Waals surface area contributed by atoms with Crippen molar-refractivity contribution >= 4 is 5.78 Å². The van der Waals surface area contributed by atoms with E-state index >= 15 is 0 Å². The second kappa shape index (κ2) is 5.92. The van der Waals surface area contributed by atoms with Crippen LogP contribution in [0, 0.1) is 11.3 Å². The summed E-state index contributed by atoms with van der Waals surface area (Å²) in [6.07, 6.45) is 6.49. The average Bonchev–Trinajstić information content (AvgIpc) is 3.02. The van der Waals surface area contributed by atoms with Crippen LogP contribution in [0.1, 0.15) is 57.1 Å². The molecular formula is C17H20N4O2. The van der Waals surface area contributed by atoms with Crippen molar-refractivity contribution in [2.24, 2.45) is 5.73 Å². The molecule has 1 aliphatic carbocycles. The number of nitrogens with two attached hydrogens (primary N) is 1. The Morgan fingerprint density at radius 3 is 3.04 bits per heavy atom. The Morgan fingerprint density at radius 1 is 1.57 bits per heavy atom. The minimum Gasteiger partial charge on any atom is -0.444 e.